The van der Waals surface area contributed by atoms with Gasteiger partial charge in [0.25, 0.3) is 10.0 Å². The minimum Gasteiger partial charge on any atom is -0.496 e. The molecule has 122 valence electrons. The molecule has 0 saturated carbocycles. The molecule has 3 aromatic rings. The van der Waals surface area contributed by atoms with Crippen LogP contribution in [0.2, 0.25) is 0 Å². The number of fused-ring (bicyclic) bond motifs is 1. The van der Waals surface area contributed by atoms with Crippen molar-refractivity contribution < 1.29 is 13.2 Å². The molecule has 5 nitrogen and oxygen atoms in total. The predicted molar refractivity (Wildman–Crippen MR) is 94.9 cm³/mol. The number of hydrogen-bond donors (Lipinski definition) is 1. The second kappa shape index (κ2) is 6.72. The molecule has 0 radical (unpaired) electrons. The maximum absolute atomic E-state index is 12.2. The Labute approximate surface area is 140 Å². The third kappa shape index (κ3) is 3.23. The van der Waals surface area contributed by atoms with Crippen LogP contribution in [-0.4, -0.2) is 21.7 Å². The third-order valence-electron chi connectivity index (χ3n) is 3.57. The summed E-state index contributed by atoms with van der Waals surface area (Å²) in [6.45, 7) is 0. The number of rotatable bonds is 5. The van der Waals surface area contributed by atoms with Crippen LogP contribution in [0, 0.1) is 0 Å². The number of nitrogens with one attached hydrogen (secondary N) is 1. The van der Waals surface area contributed by atoms with Gasteiger partial charge < -0.3 is 4.74 Å². The van der Waals surface area contributed by atoms with E-state index >= 15 is 0 Å². The second-order valence-electron chi connectivity index (χ2n) is 5.07. The molecule has 1 N–H and O–H groups in total. The first-order valence-electron chi connectivity index (χ1n) is 7.27. The molecule has 0 aromatic heterocycles. The summed E-state index contributed by atoms with van der Waals surface area (Å²) in [5.41, 5.74) is 0.714. The zero-order valence-electron chi connectivity index (χ0n) is 13.0. The van der Waals surface area contributed by atoms with Crippen molar-refractivity contribution in [1.82, 2.24) is 4.83 Å². The molecule has 0 heterocycles. The number of hydrogen-bond acceptors (Lipinski definition) is 4. The summed E-state index contributed by atoms with van der Waals surface area (Å²) in [5, 5.41) is 5.85. The molecule has 0 atom stereocenters. The smallest absolute Gasteiger partial charge is 0.276 e. The van der Waals surface area contributed by atoms with Crippen LogP contribution in [0.1, 0.15) is 5.56 Å². The van der Waals surface area contributed by atoms with Gasteiger partial charge in [-0.15, -0.1) is 0 Å². The average Bonchev–Trinajstić information content (AvgIpc) is 2.62. The van der Waals surface area contributed by atoms with E-state index < -0.39 is 10.0 Å². The van der Waals surface area contributed by atoms with Crippen LogP contribution in [-0.2, 0) is 10.0 Å². The fourth-order valence-corrected chi connectivity index (χ4v) is 3.21. The van der Waals surface area contributed by atoms with Crippen molar-refractivity contribution in [2.45, 2.75) is 4.90 Å². The highest BCUT2D eigenvalue weighted by Crippen LogP contribution is 2.26. The highest BCUT2D eigenvalue weighted by molar-refractivity contribution is 7.89. The van der Waals surface area contributed by atoms with Crippen LogP contribution >= 0.6 is 0 Å². The number of benzene rings is 3. The minimum atomic E-state index is -3.69. The number of sulfonamides is 1. The van der Waals surface area contributed by atoms with Gasteiger partial charge >= 0.3 is 0 Å². The number of methoxy groups -OCH3 is 1. The van der Waals surface area contributed by atoms with Gasteiger partial charge in [-0.1, -0.05) is 48.5 Å². The Morgan fingerprint density at radius 3 is 2.42 bits per heavy atom. The van der Waals surface area contributed by atoms with E-state index in [2.05, 4.69) is 9.93 Å². The minimum absolute atomic E-state index is 0.159. The van der Waals surface area contributed by atoms with Gasteiger partial charge in [0.2, 0.25) is 0 Å². The fourth-order valence-electron chi connectivity index (χ4n) is 2.40. The Kier molecular flexibility index (Phi) is 4.48. The van der Waals surface area contributed by atoms with Crippen LogP contribution in [0.25, 0.3) is 10.8 Å². The van der Waals surface area contributed by atoms with Crippen molar-refractivity contribution in [3.05, 3.63) is 72.3 Å². The SMILES string of the molecule is COc1ccc2ccccc2c1/C=N/NS(=O)(=O)c1ccccc1. The number of ether oxygens (including phenoxy) is 1. The van der Waals surface area contributed by atoms with Gasteiger partial charge in [-0.2, -0.15) is 13.5 Å². The van der Waals surface area contributed by atoms with Crippen molar-refractivity contribution in [2.75, 3.05) is 7.11 Å². The Morgan fingerprint density at radius 1 is 0.958 bits per heavy atom. The van der Waals surface area contributed by atoms with Crippen LogP contribution in [0.4, 0.5) is 0 Å². The molecule has 3 aromatic carbocycles. The normalized spacial score (nSPS) is 11.7. The van der Waals surface area contributed by atoms with E-state index in [9.17, 15) is 8.42 Å². The quantitative estimate of drug-likeness (QED) is 0.573. The molecule has 0 aliphatic heterocycles. The first-order chi connectivity index (χ1) is 11.6. The van der Waals surface area contributed by atoms with Crippen molar-refractivity contribution in [3.8, 4) is 5.75 Å². The maximum atomic E-state index is 12.2. The lowest BCUT2D eigenvalue weighted by molar-refractivity contribution is 0.415. The largest absolute Gasteiger partial charge is 0.496 e. The van der Waals surface area contributed by atoms with Gasteiger partial charge in [0.15, 0.2) is 0 Å². The first-order valence-corrected chi connectivity index (χ1v) is 8.76. The van der Waals surface area contributed by atoms with Crippen LogP contribution in [0.5, 0.6) is 5.75 Å². The summed E-state index contributed by atoms with van der Waals surface area (Å²) in [6.07, 6.45) is 1.46. The molecule has 0 amide bonds. The number of nitrogens with zero attached hydrogens (tertiary/aromatic N) is 1. The molecular weight excluding hydrogens is 324 g/mol. The Balaban J connectivity index is 1.94. The lowest BCUT2D eigenvalue weighted by Gasteiger charge is -2.08. The lowest BCUT2D eigenvalue weighted by Crippen LogP contribution is -2.18. The van der Waals surface area contributed by atoms with Crippen LogP contribution in [0.3, 0.4) is 0 Å². The third-order valence-corrected chi connectivity index (χ3v) is 4.81. The number of hydrazone groups is 1. The van der Waals surface area contributed by atoms with Crippen LogP contribution < -0.4 is 9.57 Å². The molecule has 0 unspecified atom stereocenters. The summed E-state index contributed by atoms with van der Waals surface area (Å²) in [7, 11) is -2.13. The van der Waals surface area contributed by atoms with Crippen LogP contribution in [0.15, 0.2) is 76.7 Å². The first kappa shape index (κ1) is 16.0. The van der Waals surface area contributed by atoms with Crippen molar-refractivity contribution in [1.29, 1.82) is 0 Å². The van der Waals surface area contributed by atoms with Crippen molar-refractivity contribution >= 4 is 27.0 Å². The molecule has 0 bridgehead atoms. The topological polar surface area (TPSA) is 67.8 Å². The van der Waals surface area contributed by atoms with Gasteiger partial charge in [0, 0.05) is 5.56 Å². The zero-order valence-corrected chi connectivity index (χ0v) is 13.8. The van der Waals surface area contributed by atoms with Gasteiger partial charge in [-0.05, 0) is 29.0 Å². The molecular formula is C18H16N2O3S. The average molecular weight is 340 g/mol. The second-order valence-corrected chi connectivity index (χ2v) is 6.73. The van der Waals surface area contributed by atoms with Gasteiger partial charge in [-0.3, -0.25) is 0 Å². The van der Waals surface area contributed by atoms with Crippen molar-refractivity contribution in [3.63, 3.8) is 0 Å². The maximum Gasteiger partial charge on any atom is 0.276 e. The zero-order chi connectivity index (χ0) is 17.0. The molecule has 6 heteroatoms. The molecule has 0 spiro atoms. The Bertz CT molecular complexity index is 984. The van der Waals surface area contributed by atoms with E-state index in [1.54, 1.807) is 25.3 Å². The Morgan fingerprint density at radius 2 is 1.67 bits per heavy atom. The van der Waals surface area contributed by atoms with E-state index in [0.717, 1.165) is 10.8 Å². The highest BCUT2D eigenvalue weighted by atomic mass is 32.2. The van der Waals surface area contributed by atoms with E-state index in [1.807, 2.05) is 36.4 Å². The van der Waals surface area contributed by atoms with E-state index in [1.165, 1.54) is 18.3 Å². The lowest BCUT2D eigenvalue weighted by atomic mass is 10.0. The molecule has 3 rings (SSSR count). The molecule has 0 saturated heterocycles. The van der Waals surface area contributed by atoms with E-state index in [0.29, 0.717) is 11.3 Å². The summed E-state index contributed by atoms with van der Waals surface area (Å²) in [4.78, 5) is 2.39. The fraction of sp³-hybridized carbons (Fsp3) is 0.0556. The van der Waals surface area contributed by atoms with E-state index in [-0.39, 0.29) is 4.90 Å². The van der Waals surface area contributed by atoms with Gasteiger partial charge in [0.1, 0.15) is 5.75 Å². The molecule has 24 heavy (non-hydrogen) atoms. The van der Waals surface area contributed by atoms with E-state index in [4.69, 9.17) is 4.74 Å². The summed E-state index contributed by atoms with van der Waals surface area (Å²) in [6, 6.07) is 19.6. The highest BCUT2D eigenvalue weighted by Gasteiger charge is 2.12. The van der Waals surface area contributed by atoms with Crippen molar-refractivity contribution in [2.24, 2.45) is 5.10 Å². The monoisotopic (exact) mass is 340 g/mol. The Hall–Kier alpha value is -2.86. The van der Waals surface area contributed by atoms with Gasteiger partial charge in [-0.25, -0.2) is 4.83 Å². The predicted octanol–water partition coefficient (Wildman–Crippen LogP) is 3.16. The van der Waals surface area contributed by atoms with Gasteiger partial charge in [0.05, 0.1) is 18.2 Å². The molecule has 0 aliphatic carbocycles. The summed E-state index contributed by atoms with van der Waals surface area (Å²) in [5.74, 6) is 0.622. The summed E-state index contributed by atoms with van der Waals surface area (Å²) >= 11 is 0. The summed E-state index contributed by atoms with van der Waals surface area (Å²) < 4.78 is 29.7. The molecule has 0 fully saturated rings. The molecule has 0 aliphatic rings. The standard InChI is InChI=1S/C18H16N2O3S/c1-23-18-12-11-14-7-5-6-10-16(14)17(18)13-19-20-24(21,22)15-8-3-2-4-9-15/h2-13,20H,1H3/b19-13+.